The summed E-state index contributed by atoms with van der Waals surface area (Å²) in [5.74, 6) is 0. The summed E-state index contributed by atoms with van der Waals surface area (Å²) in [4.78, 5) is 4.89. The third-order valence-electron chi connectivity index (χ3n) is 3.92. The van der Waals surface area contributed by atoms with Crippen molar-refractivity contribution in [3.8, 4) is 0 Å². The lowest BCUT2D eigenvalue weighted by atomic mass is 9.81. The van der Waals surface area contributed by atoms with Crippen molar-refractivity contribution in [1.82, 2.24) is 0 Å². The number of rotatable bonds is 3. The minimum atomic E-state index is -0.183. The Bertz CT molecular complexity index is 575. The van der Waals surface area contributed by atoms with Crippen molar-refractivity contribution >= 4 is 6.21 Å². The zero-order valence-corrected chi connectivity index (χ0v) is 13.3. The summed E-state index contributed by atoms with van der Waals surface area (Å²) in [6.45, 7) is 10.9. The van der Waals surface area contributed by atoms with Crippen LogP contribution in [0.4, 0.5) is 0 Å². The van der Waals surface area contributed by atoms with E-state index in [4.69, 9.17) is 4.99 Å². The molecule has 0 saturated heterocycles. The quantitative estimate of drug-likeness (QED) is 0.666. The fraction of sp³-hybridized carbons (Fsp3) is 0.421. The Hall–Kier alpha value is -1.63. The molecule has 0 saturated carbocycles. The van der Waals surface area contributed by atoms with Crippen LogP contribution in [-0.2, 0) is 5.54 Å². The van der Waals surface area contributed by atoms with Crippen LogP contribution in [0.1, 0.15) is 45.2 Å². The number of hydrogen-bond donors (Lipinski definition) is 0. The molecular formula is C19H25N. The van der Waals surface area contributed by atoms with Gasteiger partial charge in [-0.15, -0.1) is 0 Å². The molecule has 1 aliphatic rings. The van der Waals surface area contributed by atoms with E-state index in [0.29, 0.717) is 0 Å². The van der Waals surface area contributed by atoms with Gasteiger partial charge in [-0.1, -0.05) is 60.6 Å². The highest BCUT2D eigenvalue weighted by Crippen LogP contribution is 2.32. The zero-order chi connectivity index (χ0) is 14.8. The Labute approximate surface area is 123 Å². The van der Waals surface area contributed by atoms with Crippen molar-refractivity contribution in [2.75, 3.05) is 0 Å². The van der Waals surface area contributed by atoms with Crippen LogP contribution in [0.15, 0.2) is 53.1 Å². The van der Waals surface area contributed by atoms with Gasteiger partial charge in [-0.25, -0.2) is 0 Å². The van der Waals surface area contributed by atoms with E-state index in [9.17, 15) is 0 Å². The molecule has 1 atom stereocenters. The van der Waals surface area contributed by atoms with Crippen LogP contribution in [0.5, 0.6) is 0 Å². The van der Waals surface area contributed by atoms with E-state index >= 15 is 0 Å². The molecule has 0 aromatic heterocycles. The van der Waals surface area contributed by atoms with E-state index in [1.165, 1.54) is 16.7 Å². The standard InChI is InChI=1S/C19H25N/c1-15-8-6-10-17(12-15)18(3,4)20-14-19(5)11-7-9-16(2)13-19/h6-12,14H,13H2,1-5H3. The van der Waals surface area contributed by atoms with Gasteiger partial charge >= 0.3 is 0 Å². The molecule has 1 aliphatic carbocycles. The van der Waals surface area contributed by atoms with Crippen molar-refractivity contribution in [2.24, 2.45) is 10.4 Å². The summed E-state index contributed by atoms with van der Waals surface area (Å²) in [5.41, 5.74) is 3.82. The van der Waals surface area contributed by atoms with Gasteiger partial charge in [0.1, 0.15) is 0 Å². The van der Waals surface area contributed by atoms with E-state index in [2.05, 4.69) is 83.3 Å². The van der Waals surface area contributed by atoms with Gasteiger partial charge in [0, 0.05) is 11.6 Å². The Morgan fingerprint density at radius 2 is 2.00 bits per heavy atom. The van der Waals surface area contributed by atoms with Crippen LogP contribution < -0.4 is 0 Å². The van der Waals surface area contributed by atoms with Gasteiger partial charge < -0.3 is 0 Å². The summed E-state index contributed by atoms with van der Waals surface area (Å²) in [7, 11) is 0. The van der Waals surface area contributed by atoms with Gasteiger partial charge in [0.2, 0.25) is 0 Å². The first kappa shape index (κ1) is 14.8. The maximum absolute atomic E-state index is 4.89. The fourth-order valence-electron chi connectivity index (χ4n) is 2.65. The maximum Gasteiger partial charge on any atom is 0.0797 e. The van der Waals surface area contributed by atoms with Gasteiger partial charge in [-0.2, -0.15) is 0 Å². The number of allylic oxidation sites excluding steroid dienone is 4. The number of nitrogens with zero attached hydrogens (tertiary/aromatic N) is 1. The molecule has 0 bridgehead atoms. The zero-order valence-electron chi connectivity index (χ0n) is 13.3. The van der Waals surface area contributed by atoms with E-state index in [0.717, 1.165) is 6.42 Å². The number of aryl methyl sites for hydroxylation is 1. The maximum atomic E-state index is 4.89. The molecule has 1 heteroatoms. The van der Waals surface area contributed by atoms with Crippen molar-refractivity contribution in [3.05, 3.63) is 59.2 Å². The molecule has 0 spiro atoms. The van der Waals surface area contributed by atoms with Gasteiger partial charge in [-0.3, -0.25) is 4.99 Å². The third kappa shape index (κ3) is 3.47. The van der Waals surface area contributed by atoms with Gasteiger partial charge in [0.15, 0.2) is 0 Å². The van der Waals surface area contributed by atoms with E-state index in [1.54, 1.807) is 0 Å². The molecule has 0 radical (unpaired) electrons. The van der Waals surface area contributed by atoms with E-state index in [-0.39, 0.29) is 11.0 Å². The Morgan fingerprint density at radius 1 is 1.25 bits per heavy atom. The predicted molar refractivity (Wildman–Crippen MR) is 88.3 cm³/mol. The van der Waals surface area contributed by atoms with Crippen LogP contribution in [0.3, 0.4) is 0 Å². The molecule has 0 heterocycles. The highest BCUT2D eigenvalue weighted by molar-refractivity contribution is 5.70. The van der Waals surface area contributed by atoms with Gasteiger partial charge in [-0.05, 0) is 39.7 Å². The topological polar surface area (TPSA) is 12.4 Å². The van der Waals surface area contributed by atoms with Crippen LogP contribution in [-0.4, -0.2) is 6.21 Å². The van der Waals surface area contributed by atoms with Crippen molar-refractivity contribution in [1.29, 1.82) is 0 Å². The largest absolute Gasteiger partial charge is 0.286 e. The molecule has 0 N–H and O–H groups in total. The molecule has 2 rings (SSSR count). The monoisotopic (exact) mass is 267 g/mol. The van der Waals surface area contributed by atoms with Crippen LogP contribution in [0, 0.1) is 12.3 Å². The first-order valence-electron chi connectivity index (χ1n) is 7.29. The van der Waals surface area contributed by atoms with Gasteiger partial charge in [0.25, 0.3) is 0 Å². The minimum Gasteiger partial charge on any atom is -0.286 e. The predicted octanol–water partition coefficient (Wildman–Crippen LogP) is 5.21. The lowest BCUT2D eigenvalue weighted by molar-refractivity contribution is 0.533. The van der Waals surface area contributed by atoms with Crippen LogP contribution >= 0.6 is 0 Å². The van der Waals surface area contributed by atoms with Gasteiger partial charge in [0.05, 0.1) is 5.54 Å². The molecule has 1 unspecified atom stereocenters. The Balaban J connectivity index is 2.22. The second-order valence-corrected chi connectivity index (χ2v) is 6.74. The van der Waals surface area contributed by atoms with Crippen LogP contribution in [0.25, 0.3) is 0 Å². The average molecular weight is 267 g/mol. The lowest BCUT2D eigenvalue weighted by Crippen LogP contribution is -2.22. The van der Waals surface area contributed by atoms with Crippen molar-refractivity contribution in [2.45, 2.75) is 46.6 Å². The van der Waals surface area contributed by atoms with E-state index < -0.39 is 0 Å². The minimum absolute atomic E-state index is 0.0416. The summed E-state index contributed by atoms with van der Waals surface area (Å²) in [6.07, 6.45) is 9.75. The molecule has 0 fully saturated rings. The smallest absolute Gasteiger partial charge is 0.0797 e. The summed E-state index contributed by atoms with van der Waals surface area (Å²) < 4.78 is 0. The summed E-state index contributed by atoms with van der Waals surface area (Å²) in [6, 6.07) is 8.62. The third-order valence-corrected chi connectivity index (χ3v) is 3.92. The lowest BCUT2D eigenvalue weighted by Gasteiger charge is -2.27. The Morgan fingerprint density at radius 3 is 2.65 bits per heavy atom. The normalized spacial score (nSPS) is 23.1. The Kier molecular flexibility index (Phi) is 3.99. The molecular weight excluding hydrogens is 242 g/mol. The first-order chi connectivity index (χ1) is 9.31. The summed E-state index contributed by atoms with van der Waals surface area (Å²) >= 11 is 0. The molecule has 106 valence electrons. The second kappa shape index (κ2) is 5.40. The highest BCUT2D eigenvalue weighted by Gasteiger charge is 2.24. The first-order valence-corrected chi connectivity index (χ1v) is 7.29. The molecule has 1 aromatic carbocycles. The number of aliphatic imine (C=N–C) groups is 1. The molecule has 1 nitrogen and oxygen atoms in total. The molecule has 20 heavy (non-hydrogen) atoms. The molecule has 1 aromatic rings. The van der Waals surface area contributed by atoms with Crippen molar-refractivity contribution < 1.29 is 0 Å². The average Bonchev–Trinajstić information content (AvgIpc) is 2.37. The number of hydrogen-bond acceptors (Lipinski definition) is 1. The van der Waals surface area contributed by atoms with Crippen molar-refractivity contribution in [3.63, 3.8) is 0 Å². The fourth-order valence-corrected chi connectivity index (χ4v) is 2.65. The highest BCUT2D eigenvalue weighted by atomic mass is 14.8. The second-order valence-electron chi connectivity index (χ2n) is 6.74. The summed E-state index contributed by atoms with van der Waals surface area (Å²) in [5, 5.41) is 0. The van der Waals surface area contributed by atoms with E-state index in [1.807, 2.05) is 0 Å². The number of benzene rings is 1. The molecule has 0 aliphatic heterocycles. The SMILES string of the molecule is CC1=CC=CC(C)(C=NC(C)(C)c2cccc(C)c2)C1. The van der Waals surface area contributed by atoms with Crippen LogP contribution in [0.2, 0.25) is 0 Å². The molecule has 0 amide bonds.